The van der Waals surface area contributed by atoms with Crippen LogP contribution in [0.25, 0.3) is 5.76 Å². The third-order valence-corrected chi connectivity index (χ3v) is 5.75. The van der Waals surface area contributed by atoms with Gasteiger partial charge in [-0.2, -0.15) is 0 Å². The Balaban J connectivity index is 1.72. The van der Waals surface area contributed by atoms with Crippen LogP contribution in [0, 0.1) is 0 Å². The zero-order valence-electron chi connectivity index (χ0n) is 17.4. The molecule has 1 aromatic heterocycles. The van der Waals surface area contributed by atoms with Gasteiger partial charge in [0.2, 0.25) is 0 Å². The molecule has 32 heavy (non-hydrogen) atoms. The zero-order valence-corrected chi connectivity index (χ0v) is 18.2. The van der Waals surface area contributed by atoms with Crippen molar-refractivity contribution in [2.75, 3.05) is 13.7 Å². The topological polar surface area (TPSA) is 84.7 Å². The summed E-state index contributed by atoms with van der Waals surface area (Å²) in [6.45, 7) is 1.00. The smallest absolute Gasteiger partial charge is 0.295 e. The molecule has 0 spiro atoms. The Morgan fingerprint density at radius 2 is 1.94 bits per heavy atom. The number of aryl methyl sites for hydroxylation is 1. The van der Waals surface area contributed by atoms with Crippen molar-refractivity contribution in [1.29, 1.82) is 0 Å². The summed E-state index contributed by atoms with van der Waals surface area (Å²) in [5, 5.41) is 11.4. The van der Waals surface area contributed by atoms with Crippen LogP contribution in [0.2, 0.25) is 5.02 Å². The summed E-state index contributed by atoms with van der Waals surface area (Å²) < 4.78 is 7.07. The molecular formula is C24H22ClN3O4. The first kappa shape index (κ1) is 21.6. The predicted octanol–water partition coefficient (Wildman–Crippen LogP) is 4.06. The number of carbonyl (C=O) groups is 2. The average molecular weight is 452 g/mol. The van der Waals surface area contributed by atoms with E-state index in [1.165, 1.54) is 18.1 Å². The van der Waals surface area contributed by atoms with Gasteiger partial charge in [0.15, 0.2) is 0 Å². The number of rotatable bonds is 7. The van der Waals surface area contributed by atoms with Crippen molar-refractivity contribution in [2.45, 2.75) is 19.0 Å². The molecule has 1 amide bonds. The molecular weight excluding hydrogens is 430 g/mol. The molecule has 3 aromatic rings. The van der Waals surface area contributed by atoms with Crippen molar-refractivity contribution >= 4 is 29.1 Å². The number of ketones is 1. The first-order valence-electron chi connectivity index (χ1n) is 10.1. The van der Waals surface area contributed by atoms with Crippen molar-refractivity contribution in [3.8, 4) is 5.75 Å². The molecule has 1 atom stereocenters. The van der Waals surface area contributed by atoms with E-state index in [1.807, 2.05) is 41.1 Å². The molecule has 8 heteroatoms. The third-order valence-electron chi connectivity index (χ3n) is 5.46. The Labute approximate surface area is 190 Å². The number of aliphatic hydroxyl groups is 1. The molecule has 2 heterocycles. The highest BCUT2D eigenvalue weighted by molar-refractivity contribution is 6.46. The quantitative estimate of drug-likeness (QED) is 0.332. The highest BCUT2D eigenvalue weighted by Crippen LogP contribution is 2.40. The molecule has 0 radical (unpaired) electrons. The van der Waals surface area contributed by atoms with Crippen LogP contribution < -0.4 is 4.74 Å². The maximum atomic E-state index is 13.0. The van der Waals surface area contributed by atoms with Gasteiger partial charge in [-0.3, -0.25) is 9.59 Å². The molecule has 0 unspecified atom stereocenters. The lowest BCUT2D eigenvalue weighted by Crippen LogP contribution is -2.31. The maximum absolute atomic E-state index is 13.0. The van der Waals surface area contributed by atoms with Gasteiger partial charge in [-0.25, -0.2) is 4.98 Å². The lowest BCUT2D eigenvalue weighted by molar-refractivity contribution is -0.139. The van der Waals surface area contributed by atoms with Crippen LogP contribution in [0.4, 0.5) is 0 Å². The van der Waals surface area contributed by atoms with E-state index in [9.17, 15) is 14.7 Å². The molecule has 164 valence electrons. The molecule has 2 aromatic carbocycles. The Morgan fingerprint density at radius 3 is 2.59 bits per heavy atom. The second-order valence-electron chi connectivity index (χ2n) is 7.41. The summed E-state index contributed by atoms with van der Waals surface area (Å²) in [6.07, 6.45) is 5.86. The minimum absolute atomic E-state index is 0.0464. The number of likely N-dealkylation sites (tertiary alicyclic amines) is 1. The monoisotopic (exact) mass is 451 g/mol. The molecule has 1 aliphatic rings. The second kappa shape index (κ2) is 9.28. The Hall–Kier alpha value is -3.58. The van der Waals surface area contributed by atoms with Gasteiger partial charge < -0.3 is 19.3 Å². The van der Waals surface area contributed by atoms with E-state index in [1.54, 1.807) is 24.7 Å². The molecule has 0 bridgehead atoms. The summed E-state index contributed by atoms with van der Waals surface area (Å²) in [5.74, 6) is -1.17. The first-order chi connectivity index (χ1) is 15.5. The normalized spacial score (nSPS) is 17.7. The van der Waals surface area contributed by atoms with Crippen LogP contribution in [0.15, 0.2) is 72.8 Å². The number of Topliss-reactive ketones (excluding diaryl/α,β-unsaturated/α-hetero) is 1. The Morgan fingerprint density at radius 1 is 1.16 bits per heavy atom. The van der Waals surface area contributed by atoms with Gasteiger partial charge in [-0.15, -0.1) is 0 Å². The van der Waals surface area contributed by atoms with E-state index in [2.05, 4.69) is 4.98 Å². The lowest BCUT2D eigenvalue weighted by atomic mass is 9.95. The summed E-state index contributed by atoms with van der Waals surface area (Å²) in [4.78, 5) is 31.5. The van der Waals surface area contributed by atoms with Gasteiger partial charge in [-0.05, 0) is 30.2 Å². The number of imidazole rings is 1. The standard InChI is InChI=1S/C24H22ClN3O4/c1-32-19-9-8-17(14-18(19)25)22(29)20-21(16-6-3-2-4-7-16)28(24(31)23(20)30)12-5-11-27-13-10-26-15-27/h2-4,6-10,13-15,21,29H,5,11-12H2,1H3/b22-20+/t21-/m1/s1. The fourth-order valence-corrected chi connectivity index (χ4v) is 4.16. The first-order valence-corrected chi connectivity index (χ1v) is 10.5. The molecule has 0 aliphatic carbocycles. The third kappa shape index (κ3) is 4.11. The maximum Gasteiger partial charge on any atom is 0.295 e. The summed E-state index contributed by atoms with van der Waals surface area (Å²) >= 11 is 6.22. The fraction of sp³-hybridized carbons (Fsp3) is 0.208. The van der Waals surface area contributed by atoms with Gasteiger partial charge in [0.1, 0.15) is 11.5 Å². The number of methoxy groups -OCH3 is 1. The Bertz CT molecular complexity index is 1160. The number of aromatic nitrogens is 2. The van der Waals surface area contributed by atoms with E-state index in [4.69, 9.17) is 16.3 Å². The van der Waals surface area contributed by atoms with Crippen LogP contribution >= 0.6 is 11.6 Å². The molecule has 7 nitrogen and oxygen atoms in total. The minimum Gasteiger partial charge on any atom is -0.507 e. The largest absolute Gasteiger partial charge is 0.507 e. The van der Waals surface area contributed by atoms with Gasteiger partial charge in [0.05, 0.1) is 30.1 Å². The fourth-order valence-electron chi connectivity index (χ4n) is 3.90. The van der Waals surface area contributed by atoms with Crippen LogP contribution in [0.5, 0.6) is 5.75 Å². The summed E-state index contributed by atoms with van der Waals surface area (Å²) in [6, 6.07) is 13.3. The number of halogens is 1. The number of carbonyl (C=O) groups excluding carboxylic acids is 2. The van der Waals surface area contributed by atoms with Crippen molar-refractivity contribution in [3.63, 3.8) is 0 Å². The van der Waals surface area contributed by atoms with E-state index in [0.29, 0.717) is 35.8 Å². The van der Waals surface area contributed by atoms with Crippen molar-refractivity contribution in [1.82, 2.24) is 14.5 Å². The van der Waals surface area contributed by atoms with Crippen LogP contribution in [0.1, 0.15) is 23.6 Å². The highest BCUT2D eigenvalue weighted by Gasteiger charge is 2.45. The van der Waals surface area contributed by atoms with Crippen LogP contribution in [0.3, 0.4) is 0 Å². The number of hydrogen-bond acceptors (Lipinski definition) is 5. The van der Waals surface area contributed by atoms with E-state index < -0.39 is 17.7 Å². The molecule has 1 aliphatic heterocycles. The van der Waals surface area contributed by atoms with Crippen molar-refractivity contribution in [2.24, 2.45) is 0 Å². The number of benzene rings is 2. The number of nitrogens with zero attached hydrogens (tertiary/aromatic N) is 3. The lowest BCUT2D eigenvalue weighted by Gasteiger charge is -2.25. The van der Waals surface area contributed by atoms with E-state index in [-0.39, 0.29) is 11.3 Å². The van der Waals surface area contributed by atoms with Crippen molar-refractivity contribution < 1.29 is 19.4 Å². The Kier molecular flexibility index (Phi) is 6.28. The molecule has 1 fully saturated rings. The second-order valence-corrected chi connectivity index (χ2v) is 7.81. The summed E-state index contributed by atoms with van der Waals surface area (Å²) in [7, 11) is 1.49. The highest BCUT2D eigenvalue weighted by atomic mass is 35.5. The van der Waals surface area contributed by atoms with Crippen molar-refractivity contribution in [3.05, 3.63) is 89.0 Å². The number of hydrogen-bond donors (Lipinski definition) is 1. The van der Waals surface area contributed by atoms with Gasteiger partial charge in [-0.1, -0.05) is 41.9 Å². The van der Waals surface area contributed by atoms with Gasteiger partial charge >= 0.3 is 0 Å². The zero-order chi connectivity index (χ0) is 22.7. The molecule has 0 saturated carbocycles. The van der Waals surface area contributed by atoms with Gasteiger partial charge in [0.25, 0.3) is 11.7 Å². The number of ether oxygens (including phenoxy) is 1. The number of amides is 1. The predicted molar refractivity (Wildman–Crippen MR) is 120 cm³/mol. The molecule has 4 rings (SSSR count). The molecule has 1 saturated heterocycles. The number of aliphatic hydroxyl groups excluding tert-OH is 1. The van der Waals surface area contributed by atoms with Crippen LogP contribution in [-0.4, -0.2) is 44.9 Å². The minimum atomic E-state index is -0.717. The molecule has 1 N–H and O–H groups in total. The van der Waals surface area contributed by atoms with E-state index in [0.717, 1.165) is 5.56 Å². The SMILES string of the molecule is COc1ccc(/C(O)=C2\C(=O)C(=O)N(CCCn3ccnc3)[C@@H]2c2ccccc2)cc1Cl. The average Bonchev–Trinajstić information content (AvgIpc) is 3.41. The van der Waals surface area contributed by atoms with E-state index >= 15 is 0 Å². The van der Waals surface area contributed by atoms with Crippen LogP contribution in [-0.2, 0) is 16.1 Å². The van der Waals surface area contributed by atoms with Gasteiger partial charge in [0, 0.05) is 31.0 Å². The summed E-state index contributed by atoms with van der Waals surface area (Å²) in [5.41, 5.74) is 1.13.